The van der Waals surface area contributed by atoms with Crippen LogP contribution in [0.25, 0.3) is 0 Å². The fourth-order valence-electron chi connectivity index (χ4n) is 1.65. The summed E-state index contributed by atoms with van der Waals surface area (Å²) < 4.78 is 38.3. The predicted molar refractivity (Wildman–Crippen MR) is 66.5 cm³/mol. The molecule has 2 aromatic rings. The largest absolute Gasteiger partial charge is 0.417 e. The number of amides is 1. The number of H-pyrrole nitrogens is 1. The van der Waals surface area contributed by atoms with E-state index in [4.69, 9.17) is 0 Å². The van der Waals surface area contributed by atoms with Crippen molar-refractivity contribution in [1.29, 1.82) is 0 Å². The van der Waals surface area contributed by atoms with Crippen molar-refractivity contribution in [3.63, 3.8) is 0 Å². The Hall–Kier alpha value is -2.57. The highest BCUT2D eigenvalue weighted by molar-refractivity contribution is 6.05. The second-order valence-electron chi connectivity index (χ2n) is 3.94. The van der Waals surface area contributed by atoms with Gasteiger partial charge in [0.05, 0.1) is 11.1 Å². The van der Waals surface area contributed by atoms with Crippen LogP contribution in [-0.4, -0.2) is 10.9 Å². The van der Waals surface area contributed by atoms with Crippen molar-refractivity contribution in [2.45, 2.75) is 6.18 Å². The molecule has 0 aliphatic rings. The molecule has 104 valence electrons. The molecule has 0 aliphatic carbocycles. The van der Waals surface area contributed by atoms with Crippen molar-refractivity contribution in [2.24, 2.45) is 0 Å². The molecule has 0 fully saturated rings. The van der Waals surface area contributed by atoms with Gasteiger partial charge >= 0.3 is 6.18 Å². The number of hydrogen-bond donors (Lipinski definition) is 2. The van der Waals surface area contributed by atoms with Gasteiger partial charge in [0.1, 0.15) is 0 Å². The highest BCUT2D eigenvalue weighted by Crippen LogP contribution is 2.32. The third kappa shape index (κ3) is 3.05. The summed E-state index contributed by atoms with van der Waals surface area (Å²) >= 11 is 0. The summed E-state index contributed by atoms with van der Waals surface area (Å²) in [6.45, 7) is 0. The van der Waals surface area contributed by atoms with E-state index in [9.17, 15) is 22.8 Å². The third-order valence-electron chi connectivity index (χ3n) is 2.51. The molecule has 0 saturated carbocycles. The molecule has 7 heteroatoms. The summed E-state index contributed by atoms with van der Waals surface area (Å²) in [5.41, 5.74) is -1.87. The van der Waals surface area contributed by atoms with Gasteiger partial charge in [0.25, 0.3) is 5.91 Å². The van der Waals surface area contributed by atoms with E-state index in [2.05, 4.69) is 10.3 Å². The van der Waals surface area contributed by atoms with Crippen molar-refractivity contribution in [1.82, 2.24) is 4.98 Å². The number of carbonyl (C=O) groups excluding carboxylic acids is 1. The minimum atomic E-state index is -4.62. The molecule has 0 unspecified atom stereocenters. The molecule has 0 saturated heterocycles. The molecule has 0 bridgehead atoms. The standard InChI is InChI=1S/C13H9F3N2O2/c14-13(15,16)10-4-2-1-3-9(10)12(20)18-8-5-6-17-11(19)7-8/h1-7H,(H2,17,18,19,20). The van der Waals surface area contributed by atoms with E-state index in [0.717, 1.165) is 18.2 Å². The van der Waals surface area contributed by atoms with E-state index in [1.54, 1.807) is 0 Å². The van der Waals surface area contributed by atoms with Crippen LogP contribution in [-0.2, 0) is 6.18 Å². The second-order valence-corrected chi connectivity index (χ2v) is 3.94. The van der Waals surface area contributed by atoms with Crippen LogP contribution in [0.15, 0.2) is 47.4 Å². The number of benzene rings is 1. The average Bonchev–Trinajstić information content (AvgIpc) is 2.37. The molecule has 1 heterocycles. The Balaban J connectivity index is 2.33. The van der Waals surface area contributed by atoms with Crippen molar-refractivity contribution >= 4 is 11.6 Å². The number of hydrogen-bond acceptors (Lipinski definition) is 2. The Morgan fingerprint density at radius 3 is 2.50 bits per heavy atom. The number of aromatic nitrogens is 1. The normalized spacial score (nSPS) is 11.2. The average molecular weight is 282 g/mol. The monoisotopic (exact) mass is 282 g/mol. The molecular formula is C13H9F3N2O2. The minimum Gasteiger partial charge on any atom is -0.329 e. The molecule has 4 nitrogen and oxygen atoms in total. The Morgan fingerprint density at radius 1 is 1.15 bits per heavy atom. The molecule has 0 atom stereocenters. The number of nitrogens with one attached hydrogen (secondary N) is 2. The van der Waals surface area contributed by atoms with Gasteiger partial charge in [0, 0.05) is 18.0 Å². The lowest BCUT2D eigenvalue weighted by Gasteiger charge is -2.12. The fraction of sp³-hybridized carbons (Fsp3) is 0.0769. The van der Waals surface area contributed by atoms with E-state index in [1.165, 1.54) is 24.4 Å². The number of rotatable bonds is 2. The van der Waals surface area contributed by atoms with Crippen molar-refractivity contribution < 1.29 is 18.0 Å². The van der Waals surface area contributed by atoms with Crippen LogP contribution in [0.3, 0.4) is 0 Å². The maximum Gasteiger partial charge on any atom is 0.417 e. The zero-order valence-electron chi connectivity index (χ0n) is 9.99. The SMILES string of the molecule is O=C(Nc1cc[nH]c(=O)c1)c1ccccc1C(F)(F)F. The highest BCUT2D eigenvalue weighted by Gasteiger charge is 2.34. The minimum absolute atomic E-state index is 0.121. The molecule has 0 aliphatic heterocycles. The Bertz CT molecular complexity index is 692. The lowest BCUT2D eigenvalue weighted by molar-refractivity contribution is -0.137. The first kappa shape index (κ1) is 13.9. The number of pyridine rings is 1. The number of halogens is 3. The van der Waals surface area contributed by atoms with Gasteiger partial charge in [0.15, 0.2) is 0 Å². The van der Waals surface area contributed by atoms with Crippen LogP contribution in [0.5, 0.6) is 0 Å². The van der Waals surface area contributed by atoms with Crippen molar-refractivity contribution in [3.05, 3.63) is 64.1 Å². The van der Waals surface area contributed by atoms with Gasteiger partial charge < -0.3 is 10.3 Å². The maximum atomic E-state index is 12.8. The van der Waals surface area contributed by atoms with Crippen LogP contribution in [0.2, 0.25) is 0 Å². The van der Waals surface area contributed by atoms with Crippen molar-refractivity contribution in [2.75, 3.05) is 5.32 Å². The summed E-state index contributed by atoms with van der Waals surface area (Å²) in [5, 5.41) is 2.25. The second kappa shape index (κ2) is 5.20. The quantitative estimate of drug-likeness (QED) is 0.889. The molecule has 1 aromatic carbocycles. The molecule has 1 aromatic heterocycles. The van der Waals surface area contributed by atoms with E-state index in [0.29, 0.717) is 0 Å². The van der Waals surface area contributed by atoms with E-state index in [-0.39, 0.29) is 5.69 Å². The first-order valence-electron chi connectivity index (χ1n) is 5.54. The molecule has 2 rings (SSSR count). The van der Waals surface area contributed by atoms with Crippen LogP contribution < -0.4 is 10.9 Å². The lowest BCUT2D eigenvalue weighted by atomic mass is 10.1. The predicted octanol–water partition coefficient (Wildman–Crippen LogP) is 2.65. The number of alkyl halides is 3. The van der Waals surface area contributed by atoms with E-state index < -0.39 is 28.8 Å². The smallest absolute Gasteiger partial charge is 0.329 e. The van der Waals surface area contributed by atoms with E-state index in [1.807, 2.05) is 0 Å². The highest BCUT2D eigenvalue weighted by atomic mass is 19.4. The fourth-order valence-corrected chi connectivity index (χ4v) is 1.65. The summed E-state index contributed by atoms with van der Waals surface area (Å²) in [6, 6.07) is 6.89. The first-order chi connectivity index (χ1) is 9.38. The molecular weight excluding hydrogens is 273 g/mol. The van der Waals surface area contributed by atoms with Crippen LogP contribution in [0.1, 0.15) is 15.9 Å². The van der Waals surface area contributed by atoms with Gasteiger partial charge in [0.2, 0.25) is 5.56 Å². The Labute approximate surface area is 111 Å². The number of carbonyl (C=O) groups is 1. The van der Waals surface area contributed by atoms with Gasteiger partial charge in [-0.1, -0.05) is 12.1 Å². The molecule has 2 N–H and O–H groups in total. The van der Waals surface area contributed by atoms with Crippen molar-refractivity contribution in [3.8, 4) is 0 Å². The third-order valence-corrected chi connectivity index (χ3v) is 2.51. The molecule has 0 radical (unpaired) electrons. The van der Waals surface area contributed by atoms with Gasteiger partial charge in [-0.05, 0) is 18.2 Å². The van der Waals surface area contributed by atoms with Gasteiger partial charge in [-0.15, -0.1) is 0 Å². The Morgan fingerprint density at radius 2 is 1.85 bits per heavy atom. The Kier molecular flexibility index (Phi) is 3.60. The zero-order chi connectivity index (χ0) is 14.8. The van der Waals surface area contributed by atoms with Gasteiger partial charge in [-0.3, -0.25) is 9.59 Å². The van der Waals surface area contributed by atoms with Gasteiger partial charge in [-0.25, -0.2) is 0 Å². The first-order valence-corrected chi connectivity index (χ1v) is 5.54. The summed E-state index contributed by atoms with van der Waals surface area (Å²) in [4.78, 5) is 25.3. The van der Waals surface area contributed by atoms with E-state index >= 15 is 0 Å². The van der Waals surface area contributed by atoms with Crippen LogP contribution in [0, 0.1) is 0 Å². The zero-order valence-corrected chi connectivity index (χ0v) is 9.99. The number of aromatic amines is 1. The van der Waals surface area contributed by atoms with Crippen LogP contribution in [0.4, 0.5) is 18.9 Å². The molecule has 0 spiro atoms. The molecule has 20 heavy (non-hydrogen) atoms. The maximum absolute atomic E-state index is 12.8. The molecule has 1 amide bonds. The lowest BCUT2D eigenvalue weighted by Crippen LogP contribution is -2.19. The summed E-state index contributed by atoms with van der Waals surface area (Å²) in [5.74, 6) is -0.927. The summed E-state index contributed by atoms with van der Waals surface area (Å²) in [6.07, 6.45) is -3.34. The summed E-state index contributed by atoms with van der Waals surface area (Å²) in [7, 11) is 0. The topological polar surface area (TPSA) is 62.0 Å². The number of anilines is 1. The van der Waals surface area contributed by atoms with Crippen LogP contribution >= 0.6 is 0 Å². The van der Waals surface area contributed by atoms with Gasteiger partial charge in [-0.2, -0.15) is 13.2 Å².